The number of hydrogen-bond donors (Lipinski definition) is 1. The first-order chi connectivity index (χ1) is 5.06. The Morgan fingerprint density at radius 2 is 2.09 bits per heavy atom. The molecule has 0 radical (unpaired) electrons. The second-order valence-corrected chi connectivity index (χ2v) is 3.52. The van der Waals surface area contributed by atoms with Gasteiger partial charge in [-0.05, 0) is 18.4 Å². The lowest BCUT2D eigenvalue weighted by atomic mass is 10.3. The Kier molecular flexibility index (Phi) is 4.60. The van der Waals surface area contributed by atoms with Gasteiger partial charge in [0.2, 0.25) is 0 Å². The van der Waals surface area contributed by atoms with Crippen molar-refractivity contribution in [1.29, 1.82) is 0 Å². The van der Waals surface area contributed by atoms with E-state index in [4.69, 9.17) is 10.1 Å². The van der Waals surface area contributed by atoms with E-state index in [9.17, 15) is 8.42 Å². The molecule has 0 unspecified atom stereocenters. The van der Waals surface area contributed by atoms with Gasteiger partial charge in [0.15, 0.2) is 0 Å². The lowest BCUT2D eigenvalue weighted by Crippen LogP contribution is -2.03. The van der Waals surface area contributed by atoms with Gasteiger partial charge in [-0.2, -0.15) is 8.42 Å². The lowest BCUT2D eigenvalue weighted by molar-refractivity contribution is 0.480. The zero-order chi connectivity index (χ0) is 8.74. The molecule has 0 fully saturated rings. The van der Waals surface area contributed by atoms with Crippen molar-refractivity contribution in [3.8, 4) is 0 Å². The summed E-state index contributed by atoms with van der Waals surface area (Å²) in [6, 6.07) is 0. The molecular formula is C4H9N3O3S. The molecule has 0 bridgehead atoms. The van der Waals surface area contributed by atoms with Gasteiger partial charge in [0.25, 0.3) is 10.1 Å². The Hall–Kier alpha value is -0.780. The largest absolute Gasteiger partial charge is 0.286 e. The van der Waals surface area contributed by atoms with Crippen LogP contribution in [0.1, 0.15) is 12.8 Å². The summed E-state index contributed by atoms with van der Waals surface area (Å²) in [7, 11) is -3.85. The van der Waals surface area contributed by atoms with Gasteiger partial charge in [0, 0.05) is 11.5 Å². The average molecular weight is 179 g/mol. The van der Waals surface area contributed by atoms with Gasteiger partial charge < -0.3 is 0 Å². The molecular weight excluding hydrogens is 170 g/mol. The Labute approximate surface area is 64.6 Å². The third kappa shape index (κ3) is 9.22. The second kappa shape index (κ2) is 4.95. The fourth-order valence-corrected chi connectivity index (χ4v) is 1.08. The van der Waals surface area contributed by atoms with Gasteiger partial charge in [-0.15, -0.1) is 0 Å². The van der Waals surface area contributed by atoms with Crippen LogP contribution in [0, 0.1) is 0 Å². The van der Waals surface area contributed by atoms with E-state index in [1.807, 2.05) is 0 Å². The summed E-state index contributed by atoms with van der Waals surface area (Å²) in [4.78, 5) is 2.48. The summed E-state index contributed by atoms with van der Waals surface area (Å²) in [6.45, 7) is 0.270. The fourth-order valence-electron chi connectivity index (χ4n) is 0.512. The molecule has 0 heterocycles. The quantitative estimate of drug-likeness (QED) is 0.223. The van der Waals surface area contributed by atoms with Gasteiger partial charge in [-0.3, -0.25) is 4.55 Å². The van der Waals surface area contributed by atoms with Crippen molar-refractivity contribution >= 4 is 10.1 Å². The van der Waals surface area contributed by atoms with Crippen molar-refractivity contribution in [2.75, 3.05) is 12.3 Å². The van der Waals surface area contributed by atoms with Gasteiger partial charge in [-0.25, -0.2) is 0 Å². The monoisotopic (exact) mass is 179 g/mol. The van der Waals surface area contributed by atoms with Gasteiger partial charge >= 0.3 is 0 Å². The zero-order valence-corrected chi connectivity index (χ0v) is 6.66. The van der Waals surface area contributed by atoms with Crippen LogP contribution in [0.3, 0.4) is 0 Å². The highest BCUT2D eigenvalue weighted by Gasteiger charge is 2.01. The molecule has 11 heavy (non-hydrogen) atoms. The van der Waals surface area contributed by atoms with E-state index < -0.39 is 10.1 Å². The molecule has 1 N–H and O–H groups in total. The summed E-state index contributed by atoms with van der Waals surface area (Å²) in [5.41, 5.74) is 7.82. The van der Waals surface area contributed by atoms with E-state index in [1.54, 1.807) is 0 Å². The Morgan fingerprint density at radius 1 is 1.45 bits per heavy atom. The molecule has 0 rings (SSSR count). The van der Waals surface area contributed by atoms with Crippen LogP contribution in [0.25, 0.3) is 10.4 Å². The highest BCUT2D eigenvalue weighted by atomic mass is 32.2. The third-order valence-electron chi connectivity index (χ3n) is 0.974. The van der Waals surface area contributed by atoms with Crippen molar-refractivity contribution in [1.82, 2.24) is 0 Å². The van der Waals surface area contributed by atoms with Gasteiger partial charge in [0.05, 0.1) is 5.75 Å². The predicted octanol–water partition coefficient (Wildman–Crippen LogP) is 0.965. The van der Waals surface area contributed by atoms with Gasteiger partial charge in [-0.1, -0.05) is 5.11 Å². The van der Waals surface area contributed by atoms with E-state index in [1.165, 1.54) is 0 Å². The normalized spacial score (nSPS) is 10.6. The minimum absolute atomic E-state index is 0.270. The third-order valence-corrected chi connectivity index (χ3v) is 1.78. The summed E-state index contributed by atoms with van der Waals surface area (Å²) in [6.07, 6.45) is 0.793. The average Bonchev–Trinajstić information content (AvgIpc) is 1.85. The number of hydrogen-bond acceptors (Lipinski definition) is 3. The number of azide groups is 1. The Balaban J connectivity index is 3.36. The molecule has 0 aromatic carbocycles. The topological polar surface area (TPSA) is 103 Å². The minimum Gasteiger partial charge on any atom is -0.286 e. The standard InChI is InChI=1S/C4H9N3O3S/c5-7-6-3-1-2-4-11(8,9)10/h1-4H2,(H,8,9,10). The van der Waals surface area contributed by atoms with Crippen molar-refractivity contribution in [2.24, 2.45) is 5.11 Å². The Morgan fingerprint density at radius 3 is 2.55 bits per heavy atom. The van der Waals surface area contributed by atoms with Crippen molar-refractivity contribution in [2.45, 2.75) is 12.8 Å². The molecule has 0 aromatic heterocycles. The van der Waals surface area contributed by atoms with E-state index in [0.717, 1.165) is 0 Å². The van der Waals surface area contributed by atoms with Crippen LogP contribution in [-0.2, 0) is 10.1 Å². The maximum Gasteiger partial charge on any atom is 0.264 e. The number of unbranched alkanes of at least 4 members (excludes halogenated alkanes) is 1. The molecule has 7 heteroatoms. The highest BCUT2D eigenvalue weighted by Crippen LogP contribution is 1.94. The van der Waals surface area contributed by atoms with Crippen molar-refractivity contribution in [3.63, 3.8) is 0 Å². The molecule has 0 aliphatic heterocycles. The molecule has 0 amide bonds. The smallest absolute Gasteiger partial charge is 0.264 e. The highest BCUT2D eigenvalue weighted by molar-refractivity contribution is 7.85. The number of nitrogens with zero attached hydrogens (tertiary/aromatic N) is 3. The van der Waals surface area contributed by atoms with E-state index >= 15 is 0 Å². The first-order valence-corrected chi connectivity index (χ1v) is 4.63. The van der Waals surface area contributed by atoms with Crippen molar-refractivity contribution < 1.29 is 13.0 Å². The molecule has 6 nitrogen and oxygen atoms in total. The van der Waals surface area contributed by atoms with Crippen LogP contribution < -0.4 is 0 Å². The van der Waals surface area contributed by atoms with E-state index in [0.29, 0.717) is 12.8 Å². The summed E-state index contributed by atoms with van der Waals surface area (Å²) < 4.78 is 28.5. The zero-order valence-electron chi connectivity index (χ0n) is 5.84. The molecule has 64 valence electrons. The second-order valence-electron chi connectivity index (χ2n) is 1.95. The molecule has 0 atom stereocenters. The van der Waals surface area contributed by atoms with Gasteiger partial charge in [0.1, 0.15) is 0 Å². The molecule has 0 saturated carbocycles. The molecule has 0 aliphatic carbocycles. The maximum atomic E-state index is 10.1. The Bertz CT molecular complexity index is 241. The molecule has 0 aliphatic rings. The van der Waals surface area contributed by atoms with E-state index in [2.05, 4.69) is 10.0 Å². The van der Waals surface area contributed by atoms with Crippen LogP contribution in [0.5, 0.6) is 0 Å². The van der Waals surface area contributed by atoms with E-state index in [-0.39, 0.29) is 12.3 Å². The maximum absolute atomic E-state index is 10.1. The fraction of sp³-hybridized carbons (Fsp3) is 1.00. The van der Waals surface area contributed by atoms with Crippen LogP contribution in [-0.4, -0.2) is 25.3 Å². The molecule has 0 spiro atoms. The summed E-state index contributed by atoms with van der Waals surface area (Å²) in [5, 5.41) is 3.20. The van der Waals surface area contributed by atoms with Crippen LogP contribution >= 0.6 is 0 Å². The number of rotatable bonds is 5. The summed E-state index contributed by atoms with van der Waals surface area (Å²) >= 11 is 0. The molecule has 0 aromatic rings. The predicted molar refractivity (Wildman–Crippen MR) is 39.7 cm³/mol. The van der Waals surface area contributed by atoms with Crippen LogP contribution in [0.15, 0.2) is 5.11 Å². The van der Waals surface area contributed by atoms with Crippen molar-refractivity contribution in [3.05, 3.63) is 10.4 Å². The lowest BCUT2D eigenvalue weighted by Gasteiger charge is -1.93. The first kappa shape index (κ1) is 10.2. The minimum atomic E-state index is -3.85. The molecule has 0 saturated heterocycles. The summed E-state index contributed by atoms with van der Waals surface area (Å²) in [5.74, 6) is -0.270. The first-order valence-electron chi connectivity index (χ1n) is 3.02. The van der Waals surface area contributed by atoms with Crippen LogP contribution in [0.4, 0.5) is 0 Å². The van der Waals surface area contributed by atoms with Crippen LogP contribution in [0.2, 0.25) is 0 Å². The SMILES string of the molecule is [N-]=[N+]=NCCCCS(=O)(=O)O.